The summed E-state index contributed by atoms with van der Waals surface area (Å²) in [5.41, 5.74) is 0. The SMILES string of the molecule is CCCOC[C@@H]1CCCC[C@H]1Cl. The van der Waals surface area contributed by atoms with Crippen LogP contribution in [0.15, 0.2) is 0 Å². The van der Waals surface area contributed by atoms with E-state index in [-0.39, 0.29) is 0 Å². The van der Waals surface area contributed by atoms with Gasteiger partial charge in [0.05, 0.1) is 6.61 Å². The molecule has 72 valence electrons. The molecular weight excluding hydrogens is 172 g/mol. The van der Waals surface area contributed by atoms with E-state index < -0.39 is 0 Å². The Hall–Kier alpha value is 0.250. The van der Waals surface area contributed by atoms with E-state index in [4.69, 9.17) is 16.3 Å². The van der Waals surface area contributed by atoms with Crippen molar-refractivity contribution in [3.05, 3.63) is 0 Å². The van der Waals surface area contributed by atoms with Gasteiger partial charge in [-0.25, -0.2) is 0 Å². The lowest BCUT2D eigenvalue weighted by Crippen LogP contribution is -2.24. The highest BCUT2D eigenvalue weighted by atomic mass is 35.5. The van der Waals surface area contributed by atoms with Crippen molar-refractivity contribution in [2.75, 3.05) is 13.2 Å². The summed E-state index contributed by atoms with van der Waals surface area (Å²) < 4.78 is 5.51. The highest BCUT2D eigenvalue weighted by Crippen LogP contribution is 2.28. The third-order valence-corrected chi connectivity index (χ3v) is 3.07. The van der Waals surface area contributed by atoms with Gasteiger partial charge in [0, 0.05) is 12.0 Å². The van der Waals surface area contributed by atoms with Gasteiger partial charge in [0.2, 0.25) is 0 Å². The van der Waals surface area contributed by atoms with Crippen molar-refractivity contribution in [1.82, 2.24) is 0 Å². The van der Waals surface area contributed by atoms with Crippen molar-refractivity contribution >= 4 is 11.6 Å². The molecule has 0 heterocycles. The first-order valence-electron chi connectivity index (χ1n) is 5.06. The van der Waals surface area contributed by atoms with Gasteiger partial charge >= 0.3 is 0 Å². The zero-order chi connectivity index (χ0) is 8.81. The molecule has 0 saturated heterocycles. The van der Waals surface area contributed by atoms with Gasteiger partial charge in [-0.3, -0.25) is 0 Å². The second kappa shape index (κ2) is 5.82. The Balaban J connectivity index is 2.11. The normalized spacial score (nSPS) is 30.5. The molecule has 0 aromatic rings. The zero-order valence-electron chi connectivity index (χ0n) is 7.89. The molecule has 1 saturated carbocycles. The Bertz CT molecular complexity index is 116. The molecular formula is C10H19ClO. The molecule has 1 rings (SSSR count). The molecule has 0 radical (unpaired) electrons. The minimum absolute atomic E-state index is 0.371. The van der Waals surface area contributed by atoms with E-state index in [2.05, 4.69) is 6.92 Å². The van der Waals surface area contributed by atoms with Crippen LogP contribution in [0.2, 0.25) is 0 Å². The maximum atomic E-state index is 6.18. The quantitative estimate of drug-likeness (QED) is 0.489. The van der Waals surface area contributed by atoms with Gasteiger partial charge in [-0.2, -0.15) is 0 Å². The van der Waals surface area contributed by atoms with Crippen molar-refractivity contribution in [1.29, 1.82) is 0 Å². The van der Waals surface area contributed by atoms with Crippen molar-refractivity contribution < 1.29 is 4.74 Å². The van der Waals surface area contributed by atoms with Crippen molar-refractivity contribution in [2.45, 2.75) is 44.4 Å². The maximum Gasteiger partial charge on any atom is 0.0508 e. The first-order chi connectivity index (χ1) is 5.84. The first-order valence-corrected chi connectivity index (χ1v) is 5.50. The van der Waals surface area contributed by atoms with E-state index in [0.717, 1.165) is 19.6 Å². The number of rotatable bonds is 4. The third-order valence-electron chi connectivity index (χ3n) is 2.50. The summed E-state index contributed by atoms with van der Waals surface area (Å²) in [5.74, 6) is 0.618. The largest absolute Gasteiger partial charge is 0.381 e. The molecule has 0 aliphatic heterocycles. The summed E-state index contributed by atoms with van der Waals surface area (Å²) in [7, 11) is 0. The van der Waals surface area contributed by atoms with Crippen LogP contribution in [-0.2, 0) is 4.74 Å². The molecule has 0 amide bonds. The molecule has 2 heteroatoms. The lowest BCUT2D eigenvalue weighted by molar-refractivity contribution is 0.0874. The van der Waals surface area contributed by atoms with Crippen LogP contribution in [0.3, 0.4) is 0 Å². The van der Waals surface area contributed by atoms with Crippen molar-refractivity contribution in [2.24, 2.45) is 5.92 Å². The van der Waals surface area contributed by atoms with Crippen molar-refractivity contribution in [3.8, 4) is 0 Å². The van der Waals surface area contributed by atoms with Crippen LogP contribution < -0.4 is 0 Å². The van der Waals surface area contributed by atoms with Gasteiger partial charge in [0.1, 0.15) is 0 Å². The number of ether oxygens (including phenoxy) is 1. The van der Waals surface area contributed by atoms with E-state index in [9.17, 15) is 0 Å². The molecule has 1 fully saturated rings. The number of hydrogen-bond acceptors (Lipinski definition) is 1. The van der Waals surface area contributed by atoms with Crippen LogP contribution in [0.1, 0.15) is 39.0 Å². The summed E-state index contributed by atoms with van der Waals surface area (Å²) in [4.78, 5) is 0. The van der Waals surface area contributed by atoms with E-state index in [1.807, 2.05) is 0 Å². The number of hydrogen-bond donors (Lipinski definition) is 0. The molecule has 0 bridgehead atoms. The van der Waals surface area contributed by atoms with Crippen LogP contribution in [-0.4, -0.2) is 18.6 Å². The fraction of sp³-hybridized carbons (Fsp3) is 1.00. The van der Waals surface area contributed by atoms with E-state index in [1.165, 1.54) is 25.7 Å². The van der Waals surface area contributed by atoms with Crippen LogP contribution in [0, 0.1) is 5.92 Å². The minimum atomic E-state index is 0.371. The van der Waals surface area contributed by atoms with Gasteiger partial charge in [-0.05, 0) is 25.2 Å². The molecule has 1 aliphatic carbocycles. The lowest BCUT2D eigenvalue weighted by Gasteiger charge is -2.26. The molecule has 12 heavy (non-hydrogen) atoms. The van der Waals surface area contributed by atoms with Gasteiger partial charge < -0.3 is 4.74 Å². The van der Waals surface area contributed by atoms with E-state index in [0.29, 0.717) is 11.3 Å². The van der Waals surface area contributed by atoms with Gasteiger partial charge in [-0.15, -0.1) is 11.6 Å². The highest BCUT2D eigenvalue weighted by molar-refractivity contribution is 6.20. The van der Waals surface area contributed by atoms with Crippen LogP contribution in [0.25, 0.3) is 0 Å². The summed E-state index contributed by atoms with van der Waals surface area (Å²) in [6.07, 6.45) is 6.20. The van der Waals surface area contributed by atoms with Crippen LogP contribution in [0.4, 0.5) is 0 Å². The Labute approximate surface area is 80.4 Å². The second-order valence-electron chi connectivity index (χ2n) is 3.64. The van der Waals surface area contributed by atoms with E-state index >= 15 is 0 Å². The summed E-state index contributed by atoms with van der Waals surface area (Å²) in [6, 6.07) is 0. The molecule has 1 nitrogen and oxygen atoms in total. The van der Waals surface area contributed by atoms with Crippen molar-refractivity contribution in [3.63, 3.8) is 0 Å². The Morgan fingerprint density at radius 1 is 1.33 bits per heavy atom. The topological polar surface area (TPSA) is 9.23 Å². The number of halogens is 1. The molecule has 0 aromatic heterocycles. The first kappa shape index (κ1) is 10.3. The fourth-order valence-electron chi connectivity index (χ4n) is 1.73. The third kappa shape index (κ3) is 3.32. The number of alkyl halides is 1. The van der Waals surface area contributed by atoms with Gasteiger partial charge in [0.25, 0.3) is 0 Å². The predicted molar refractivity (Wildman–Crippen MR) is 52.7 cm³/mol. The average molecular weight is 191 g/mol. The Morgan fingerprint density at radius 2 is 2.08 bits per heavy atom. The average Bonchev–Trinajstić information content (AvgIpc) is 2.09. The maximum absolute atomic E-state index is 6.18. The minimum Gasteiger partial charge on any atom is -0.381 e. The Kier molecular flexibility index (Phi) is 5.01. The summed E-state index contributed by atoms with van der Waals surface area (Å²) in [6.45, 7) is 3.90. The lowest BCUT2D eigenvalue weighted by atomic mass is 9.89. The Morgan fingerprint density at radius 3 is 2.75 bits per heavy atom. The molecule has 0 N–H and O–H groups in total. The summed E-state index contributed by atoms with van der Waals surface area (Å²) in [5, 5.41) is 0.371. The molecule has 0 unspecified atom stereocenters. The van der Waals surface area contributed by atoms with E-state index in [1.54, 1.807) is 0 Å². The molecule has 0 aromatic carbocycles. The monoisotopic (exact) mass is 190 g/mol. The smallest absolute Gasteiger partial charge is 0.0508 e. The zero-order valence-corrected chi connectivity index (χ0v) is 8.65. The standard InChI is InChI=1S/C10H19ClO/c1-2-7-12-8-9-5-3-4-6-10(9)11/h9-10H,2-8H2,1H3/t9-,10+/m0/s1. The van der Waals surface area contributed by atoms with Gasteiger partial charge in [0.15, 0.2) is 0 Å². The molecule has 2 atom stereocenters. The molecule has 0 spiro atoms. The molecule has 1 aliphatic rings. The van der Waals surface area contributed by atoms with Gasteiger partial charge in [-0.1, -0.05) is 19.8 Å². The predicted octanol–water partition coefficient (Wildman–Crippen LogP) is 3.21. The fourth-order valence-corrected chi connectivity index (χ4v) is 2.08. The second-order valence-corrected chi connectivity index (χ2v) is 4.20. The van der Waals surface area contributed by atoms with Crippen LogP contribution in [0.5, 0.6) is 0 Å². The van der Waals surface area contributed by atoms with Crippen LogP contribution >= 0.6 is 11.6 Å². The highest BCUT2D eigenvalue weighted by Gasteiger charge is 2.22. The summed E-state index contributed by atoms with van der Waals surface area (Å²) >= 11 is 6.18.